The summed E-state index contributed by atoms with van der Waals surface area (Å²) in [6.07, 6.45) is 3.73. The van der Waals surface area contributed by atoms with E-state index < -0.39 is 10.0 Å². The van der Waals surface area contributed by atoms with E-state index in [1.54, 1.807) is 7.11 Å². The van der Waals surface area contributed by atoms with E-state index in [-0.39, 0.29) is 17.4 Å². The summed E-state index contributed by atoms with van der Waals surface area (Å²) in [6, 6.07) is 7.55. The Balaban J connectivity index is 1.43. The monoisotopic (exact) mass is 377 g/mol. The lowest BCUT2D eigenvalue weighted by molar-refractivity contribution is 0.0669. The summed E-state index contributed by atoms with van der Waals surface area (Å²) in [5.41, 5.74) is 1.52. The molecule has 8 heteroatoms. The van der Waals surface area contributed by atoms with Gasteiger partial charge in [-0.3, -0.25) is 4.79 Å². The van der Waals surface area contributed by atoms with Crippen LogP contribution in [0.4, 0.5) is 0 Å². The molecule has 7 nitrogen and oxygen atoms in total. The minimum Gasteiger partial charge on any atom is -0.497 e. The van der Waals surface area contributed by atoms with Gasteiger partial charge in [-0.15, -0.1) is 0 Å². The molecule has 1 aliphatic heterocycles. The van der Waals surface area contributed by atoms with Gasteiger partial charge >= 0.3 is 0 Å². The molecule has 1 spiro atoms. The average molecular weight is 377 g/mol. The molecule has 1 aromatic heterocycles. The smallest absolute Gasteiger partial charge is 0.270 e. The van der Waals surface area contributed by atoms with Gasteiger partial charge in [0.1, 0.15) is 11.4 Å². The Hall–Kier alpha value is -2.06. The highest BCUT2D eigenvalue weighted by Gasteiger charge is 2.56. The zero-order valence-corrected chi connectivity index (χ0v) is 15.7. The molecule has 2 aromatic rings. The summed E-state index contributed by atoms with van der Waals surface area (Å²) < 4.78 is 30.7. The second kappa shape index (κ2) is 5.99. The van der Waals surface area contributed by atoms with Crippen molar-refractivity contribution in [3.05, 3.63) is 30.0 Å². The Morgan fingerprint density at radius 1 is 1.31 bits per heavy atom. The lowest BCUT2D eigenvalue weighted by Crippen LogP contribution is -2.41. The molecule has 1 aliphatic carbocycles. The zero-order chi connectivity index (χ0) is 18.5. The number of aromatic nitrogens is 1. The molecule has 2 N–H and O–H groups in total. The van der Waals surface area contributed by atoms with Crippen LogP contribution in [-0.4, -0.2) is 56.7 Å². The van der Waals surface area contributed by atoms with E-state index in [0.29, 0.717) is 18.8 Å². The van der Waals surface area contributed by atoms with Crippen LogP contribution in [-0.2, 0) is 10.0 Å². The Kier molecular flexibility index (Phi) is 4.00. The fourth-order valence-electron chi connectivity index (χ4n) is 4.00. The van der Waals surface area contributed by atoms with Crippen molar-refractivity contribution in [2.24, 2.45) is 5.41 Å². The van der Waals surface area contributed by atoms with Gasteiger partial charge < -0.3 is 14.6 Å². The van der Waals surface area contributed by atoms with Gasteiger partial charge in [-0.05, 0) is 48.9 Å². The number of aromatic amines is 1. The van der Waals surface area contributed by atoms with Gasteiger partial charge in [-0.25, -0.2) is 13.1 Å². The fraction of sp³-hybridized carbons (Fsp3) is 0.500. The van der Waals surface area contributed by atoms with E-state index in [9.17, 15) is 13.2 Å². The number of likely N-dealkylation sites (tertiary alicyclic amines) is 1. The SMILES string of the molecule is COc1ccc2[nH]c(C(=O)N3CCC4(CC3)CC4NS(C)(=O)=O)cc2c1. The number of ether oxygens (including phenoxy) is 1. The van der Waals surface area contributed by atoms with Crippen LogP contribution in [0.25, 0.3) is 10.9 Å². The van der Waals surface area contributed by atoms with Crippen LogP contribution in [0.2, 0.25) is 0 Å². The number of hydrogen-bond acceptors (Lipinski definition) is 4. The van der Waals surface area contributed by atoms with E-state index in [1.165, 1.54) is 6.26 Å². The molecule has 4 rings (SSSR count). The molecule has 140 valence electrons. The summed E-state index contributed by atoms with van der Waals surface area (Å²) in [5.74, 6) is 0.747. The molecule has 0 bridgehead atoms. The Labute approximate surface area is 152 Å². The van der Waals surface area contributed by atoms with Crippen molar-refractivity contribution in [3.8, 4) is 5.75 Å². The van der Waals surface area contributed by atoms with E-state index in [4.69, 9.17) is 4.74 Å². The van der Waals surface area contributed by atoms with Crippen molar-refractivity contribution in [3.63, 3.8) is 0 Å². The number of nitrogens with zero attached hydrogens (tertiary/aromatic N) is 1. The number of hydrogen-bond donors (Lipinski definition) is 2. The molecular weight excluding hydrogens is 354 g/mol. The molecule has 1 saturated heterocycles. The maximum absolute atomic E-state index is 12.8. The largest absolute Gasteiger partial charge is 0.497 e. The lowest BCUT2D eigenvalue weighted by atomic mass is 9.92. The van der Waals surface area contributed by atoms with Gasteiger partial charge in [0.15, 0.2) is 0 Å². The quantitative estimate of drug-likeness (QED) is 0.849. The van der Waals surface area contributed by atoms with Crippen molar-refractivity contribution in [2.45, 2.75) is 25.3 Å². The molecule has 2 aliphatic rings. The molecule has 1 atom stereocenters. The highest BCUT2D eigenvalue weighted by molar-refractivity contribution is 7.88. The second-order valence-electron chi connectivity index (χ2n) is 7.44. The summed E-state index contributed by atoms with van der Waals surface area (Å²) in [7, 11) is -1.56. The Morgan fingerprint density at radius 3 is 2.69 bits per heavy atom. The number of amides is 1. The van der Waals surface area contributed by atoms with Crippen molar-refractivity contribution in [2.75, 3.05) is 26.5 Å². The first-order chi connectivity index (χ1) is 12.3. The standard InChI is InChI=1S/C18H23N3O4S/c1-25-13-3-4-14-12(9-13)10-15(19-14)17(22)21-7-5-18(6-8-21)11-16(18)20-26(2,23)24/h3-4,9-10,16,19-20H,5-8,11H2,1-2H3. The van der Waals surface area contributed by atoms with Gasteiger partial charge in [-0.2, -0.15) is 0 Å². The predicted molar refractivity (Wildman–Crippen MR) is 98.8 cm³/mol. The van der Waals surface area contributed by atoms with Crippen LogP contribution >= 0.6 is 0 Å². The highest BCUT2D eigenvalue weighted by atomic mass is 32.2. The Morgan fingerprint density at radius 2 is 2.04 bits per heavy atom. The van der Waals surface area contributed by atoms with E-state index >= 15 is 0 Å². The first kappa shape index (κ1) is 17.4. The lowest BCUT2D eigenvalue weighted by Gasteiger charge is -2.32. The first-order valence-electron chi connectivity index (χ1n) is 8.73. The van der Waals surface area contributed by atoms with Crippen molar-refractivity contribution in [1.29, 1.82) is 0 Å². The van der Waals surface area contributed by atoms with Gasteiger partial charge in [0.05, 0.1) is 13.4 Å². The molecule has 26 heavy (non-hydrogen) atoms. The van der Waals surface area contributed by atoms with Gasteiger partial charge in [0.2, 0.25) is 10.0 Å². The van der Waals surface area contributed by atoms with Crippen molar-refractivity contribution in [1.82, 2.24) is 14.6 Å². The normalized spacial score (nSPS) is 21.9. The van der Waals surface area contributed by atoms with Crippen LogP contribution in [0.3, 0.4) is 0 Å². The third kappa shape index (κ3) is 3.19. The molecular formula is C18H23N3O4S. The zero-order valence-electron chi connectivity index (χ0n) is 14.9. The Bertz CT molecular complexity index is 958. The van der Waals surface area contributed by atoms with Crippen LogP contribution in [0.1, 0.15) is 29.8 Å². The van der Waals surface area contributed by atoms with Crippen LogP contribution in [0.15, 0.2) is 24.3 Å². The van der Waals surface area contributed by atoms with Crippen molar-refractivity contribution < 1.29 is 17.9 Å². The van der Waals surface area contributed by atoms with Gasteiger partial charge in [0.25, 0.3) is 5.91 Å². The number of carbonyl (C=O) groups is 1. The number of methoxy groups -OCH3 is 1. The topological polar surface area (TPSA) is 91.5 Å². The highest BCUT2D eigenvalue weighted by Crippen LogP contribution is 2.54. The van der Waals surface area contributed by atoms with Gasteiger partial charge in [-0.1, -0.05) is 0 Å². The summed E-state index contributed by atoms with van der Waals surface area (Å²) >= 11 is 0. The summed E-state index contributed by atoms with van der Waals surface area (Å²) in [5, 5.41) is 0.945. The number of sulfonamides is 1. The number of nitrogens with one attached hydrogen (secondary N) is 2. The number of benzene rings is 1. The summed E-state index contributed by atoms with van der Waals surface area (Å²) in [6.45, 7) is 1.30. The van der Waals surface area contributed by atoms with Crippen LogP contribution in [0, 0.1) is 5.41 Å². The van der Waals surface area contributed by atoms with Crippen LogP contribution in [0.5, 0.6) is 5.75 Å². The third-order valence-electron chi connectivity index (χ3n) is 5.65. The maximum Gasteiger partial charge on any atom is 0.270 e. The third-order valence-corrected chi connectivity index (χ3v) is 6.36. The van der Waals surface area contributed by atoms with E-state index in [2.05, 4.69) is 9.71 Å². The summed E-state index contributed by atoms with van der Waals surface area (Å²) in [4.78, 5) is 17.8. The number of H-pyrrole nitrogens is 1. The number of fused-ring (bicyclic) bond motifs is 1. The second-order valence-corrected chi connectivity index (χ2v) is 9.22. The molecule has 0 radical (unpaired) electrons. The minimum absolute atomic E-state index is 0.0108. The number of rotatable bonds is 4. The molecule has 1 unspecified atom stereocenters. The molecule has 2 fully saturated rings. The van der Waals surface area contributed by atoms with Crippen molar-refractivity contribution >= 4 is 26.8 Å². The van der Waals surface area contributed by atoms with E-state index in [0.717, 1.165) is 35.9 Å². The maximum atomic E-state index is 12.8. The van der Waals surface area contributed by atoms with E-state index in [1.807, 2.05) is 29.2 Å². The molecule has 1 amide bonds. The molecule has 2 heterocycles. The fourth-order valence-corrected chi connectivity index (χ4v) is 4.85. The number of carbonyl (C=O) groups excluding carboxylic acids is 1. The average Bonchev–Trinajstić information content (AvgIpc) is 3.06. The van der Waals surface area contributed by atoms with Gasteiger partial charge in [0, 0.05) is 30.0 Å². The minimum atomic E-state index is -3.18. The molecule has 1 aromatic carbocycles. The first-order valence-corrected chi connectivity index (χ1v) is 10.6. The molecule has 1 saturated carbocycles. The predicted octanol–water partition coefficient (Wildman–Crippen LogP) is 1.72. The number of piperidine rings is 1. The van der Waals surface area contributed by atoms with Crippen LogP contribution < -0.4 is 9.46 Å².